The summed E-state index contributed by atoms with van der Waals surface area (Å²) in [6, 6.07) is 2.69. The Morgan fingerprint density at radius 1 is 1.47 bits per heavy atom. The van der Waals surface area contributed by atoms with Gasteiger partial charge in [-0.3, -0.25) is 4.98 Å². The maximum atomic E-state index is 4.28. The van der Waals surface area contributed by atoms with Gasteiger partial charge in [-0.15, -0.1) is 0 Å². The van der Waals surface area contributed by atoms with Crippen molar-refractivity contribution in [2.75, 3.05) is 18.0 Å². The van der Waals surface area contributed by atoms with Gasteiger partial charge in [0, 0.05) is 49.3 Å². The molecule has 0 aliphatic carbocycles. The zero-order chi connectivity index (χ0) is 13.7. The summed E-state index contributed by atoms with van der Waals surface area (Å²) < 4.78 is 0. The van der Waals surface area contributed by atoms with Crippen LogP contribution in [0.5, 0.6) is 0 Å². The molecule has 0 bridgehead atoms. The third kappa shape index (κ3) is 3.93. The van der Waals surface area contributed by atoms with E-state index in [1.165, 1.54) is 43.6 Å². The fourth-order valence-electron chi connectivity index (χ4n) is 2.87. The molecule has 1 N–H and O–H groups in total. The van der Waals surface area contributed by atoms with Crippen LogP contribution in [-0.2, 0) is 6.54 Å². The minimum Gasteiger partial charge on any atom is -0.371 e. The lowest BCUT2D eigenvalue weighted by Gasteiger charge is -2.22. The Hall–Kier alpha value is -1.09. The van der Waals surface area contributed by atoms with Gasteiger partial charge >= 0.3 is 0 Å². The first-order valence-electron chi connectivity index (χ1n) is 7.62. The predicted octanol–water partition coefficient (Wildman–Crippen LogP) is 3.21. The SMILES string of the molecule is CCCC1CCN(c2ccncc2CNC(C)C)C1. The highest BCUT2D eigenvalue weighted by Crippen LogP contribution is 2.28. The van der Waals surface area contributed by atoms with Crippen molar-refractivity contribution in [2.45, 2.75) is 52.6 Å². The monoisotopic (exact) mass is 261 g/mol. The third-order valence-corrected chi connectivity index (χ3v) is 3.90. The molecule has 0 saturated carbocycles. The van der Waals surface area contributed by atoms with Gasteiger partial charge in [0.15, 0.2) is 0 Å². The summed E-state index contributed by atoms with van der Waals surface area (Å²) >= 11 is 0. The highest BCUT2D eigenvalue weighted by Gasteiger charge is 2.23. The second-order valence-electron chi connectivity index (χ2n) is 5.93. The Morgan fingerprint density at radius 3 is 3.05 bits per heavy atom. The van der Waals surface area contributed by atoms with Crippen LogP contribution < -0.4 is 10.2 Å². The highest BCUT2D eigenvalue weighted by molar-refractivity contribution is 5.53. The molecule has 1 aromatic heterocycles. The number of nitrogens with one attached hydrogen (secondary N) is 1. The lowest BCUT2D eigenvalue weighted by atomic mass is 10.0. The number of pyridine rings is 1. The molecule has 106 valence electrons. The fourth-order valence-corrected chi connectivity index (χ4v) is 2.87. The summed E-state index contributed by atoms with van der Waals surface area (Å²) in [4.78, 5) is 6.82. The summed E-state index contributed by atoms with van der Waals surface area (Å²) in [5.74, 6) is 0.879. The van der Waals surface area contributed by atoms with E-state index in [1.54, 1.807) is 0 Å². The first-order chi connectivity index (χ1) is 9.20. The van der Waals surface area contributed by atoms with Crippen LogP contribution in [0.1, 0.15) is 45.6 Å². The van der Waals surface area contributed by atoms with E-state index in [0.29, 0.717) is 6.04 Å². The Balaban J connectivity index is 2.03. The van der Waals surface area contributed by atoms with E-state index in [-0.39, 0.29) is 0 Å². The van der Waals surface area contributed by atoms with Crippen LogP contribution in [0, 0.1) is 5.92 Å². The Labute approximate surface area is 117 Å². The van der Waals surface area contributed by atoms with Crippen LogP contribution in [0.3, 0.4) is 0 Å². The van der Waals surface area contributed by atoms with E-state index in [1.807, 2.05) is 12.4 Å². The van der Waals surface area contributed by atoms with Gasteiger partial charge in [-0.05, 0) is 24.8 Å². The second kappa shape index (κ2) is 6.90. The summed E-state index contributed by atoms with van der Waals surface area (Å²) in [6.07, 6.45) is 7.93. The molecule has 3 heteroatoms. The van der Waals surface area contributed by atoms with E-state index in [4.69, 9.17) is 0 Å². The molecule has 1 saturated heterocycles. The molecule has 1 aliphatic rings. The average molecular weight is 261 g/mol. The van der Waals surface area contributed by atoms with E-state index in [0.717, 1.165) is 12.5 Å². The van der Waals surface area contributed by atoms with E-state index >= 15 is 0 Å². The van der Waals surface area contributed by atoms with Gasteiger partial charge in [0.05, 0.1) is 0 Å². The molecule has 1 fully saturated rings. The van der Waals surface area contributed by atoms with Crippen molar-refractivity contribution in [3.8, 4) is 0 Å². The summed E-state index contributed by atoms with van der Waals surface area (Å²) in [5.41, 5.74) is 2.70. The van der Waals surface area contributed by atoms with E-state index in [9.17, 15) is 0 Å². The van der Waals surface area contributed by atoms with Crippen LogP contribution in [0.15, 0.2) is 18.5 Å². The molecule has 2 heterocycles. The van der Waals surface area contributed by atoms with Crippen molar-refractivity contribution in [1.82, 2.24) is 10.3 Å². The maximum absolute atomic E-state index is 4.28. The maximum Gasteiger partial charge on any atom is 0.0442 e. The molecule has 3 nitrogen and oxygen atoms in total. The predicted molar refractivity (Wildman–Crippen MR) is 81.4 cm³/mol. The largest absolute Gasteiger partial charge is 0.371 e. The van der Waals surface area contributed by atoms with Crippen molar-refractivity contribution >= 4 is 5.69 Å². The summed E-state index contributed by atoms with van der Waals surface area (Å²) in [7, 11) is 0. The van der Waals surface area contributed by atoms with Crippen LogP contribution in [0.4, 0.5) is 5.69 Å². The van der Waals surface area contributed by atoms with Crippen molar-refractivity contribution in [3.05, 3.63) is 24.0 Å². The topological polar surface area (TPSA) is 28.2 Å². The van der Waals surface area contributed by atoms with Gasteiger partial charge in [0.2, 0.25) is 0 Å². The van der Waals surface area contributed by atoms with Crippen LogP contribution in [-0.4, -0.2) is 24.1 Å². The minimum atomic E-state index is 0.513. The number of nitrogens with zero attached hydrogens (tertiary/aromatic N) is 2. The Kier molecular flexibility index (Phi) is 5.20. The van der Waals surface area contributed by atoms with Crippen molar-refractivity contribution in [1.29, 1.82) is 0 Å². The highest BCUT2D eigenvalue weighted by atomic mass is 15.2. The van der Waals surface area contributed by atoms with Crippen LogP contribution in [0.25, 0.3) is 0 Å². The van der Waals surface area contributed by atoms with Gasteiger partial charge in [0.25, 0.3) is 0 Å². The van der Waals surface area contributed by atoms with Gasteiger partial charge in [0.1, 0.15) is 0 Å². The third-order valence-electron chi connectivity index (χ3n) is 3.90. The van der Waals surface area contributed by atoms with Gasteiger partial charge in [-0.1, -0.05) is 27.2 Å². The number of hydrogen-bond donors (Lipinski definition) is 1. The van der Waals surface area contributed by atoms with Crippen molar-refractivity contribution in [3.63, 3.8) is 0 Å². The number of hydrogen-bond acceptors (Lipinski definition) is 3. The van der Waals surface area contributed by atoms with Gasteiger partial charge < -0.3 is 10.2 Å². The molecule has 0 radical (unpaired) electrons. The van der Waals surface area contributed by atoms with Gasteiger partial charge in [-0.2, -0.15) is 0 Å². The summed E-state index contributed by atoms with van der Waals surface area (Å²) in [6.45, 7) is 9.98. The molecular weight excluding hydrogens is 234 g/mol. The molecule has 0 spiro atoms. The van der Waals surface area contributed by atoms with Gasteiger partial charge in [-0.25, -0.2) is 0 Å². The van der Waals surface area contributed by atoms with Crippen molar-refractivity contribution < 1.29 is 0 Å². The van der Waals surface area contributed by atoms with E-state index < -0.39 is 0 Å². The molecular formula is C16H27N3. The molecule has 1 atom stereocenters. The molecule has 0 amide bonds. The number of anilines is 1. The smallest absolute Gasteiger partial charge is 0.0442 e. The van der Waals surface area contributed by atoms with Crippen LogP contribution in [0.2, 0.25) is 0 Å². The fraction of sp³-hybridized carbons (Fsp3) is 0.688. The summed E-state index contributed by atoms with van der Waals surface area (Å²) in [5, 5.41) is 3.50. The lowest BCUT2D eigenvalue weighted by molar-refractivity contribution is 0.529. The minimum absolute atomic E-state index is 0.513. The second-order valence-corrected chi connectivity index (χ2v) is 5.93. The van der Waals surface area contributed by atoms with Crippen LogP contribution >= 0.6 is 0 Å². The zero-order valence-electron chi connectivity index (χ0n) is 12.5. The first kappa shape index (κ1) is 14.3. The normalized spacial score (nSPS) is 19.4. The molecule has 19 heavy (non-hydrogen) atoms. The molecule has 1 aromatic rings. The van der Waals surface area contributed by atoms with E-state index in [2.05, 4.69) is 42.0 Å². The number of aromatic nitrogens is 1. The molecule has 0 aromatic carbocycles. The number of rotatable bonds is 6. The molecule has 1 aliphatic heterocycles. The average Bonchev–Trinajstić information content (AvgIpc) is 2.85. The van der Waals surface area contributed by atoms with Crippen molar-refractivity contribution in [2.24, 2.45) is 5.92 Å². The zero-order valence-corrected chi connectivity index (χ0v) is 12.5. The molecule has 2 rings (SSSR count). The first-order valence-corrected chi connectivity index (χ1v) is 7.62. The quantitative estimate of drug-likeness (QED) is 0.852. The Morgan fingerprint density at radius 2 is 2.32 bits per heavy atom. The molecule has 1 unspecified atom stereocenters. The Bertz CT molecular complexity index is 389. The standard InChI is InChI=1S/C16H27N3/c1-4-5-14-7-9-19(12-14)16-6-8-17-10-15(16)11-18-13(2)3/h6,8,10,13-14,18H,4-5,7,9,11-12H2,1-3H3. The lowest BCUT2D eigenvalue weighted by Crippen LogP contribution is -2.26.